The molecule has 7 heteroatoms. The van der Waals surface area contributed by atoms with Gasteiger partial charge in [0.05, 0.1) is 24.8 Å². The van der Waals surface area contributed by atoms with Crippen molar-refractivity contribution in [1.29, 1.82) is 0 Å². The minimum atomic E-state index is -0.762. The van der Waals surface area contributed by atoms with Gasteiger partial charge in [-0.1, -0.05) is 12.1 Å². The molecule has 0 aromatic heterocycles. The molecule has 3 rings (SSSR count). The van der Waals surface area contributed by atoms with Crippen LogP contribution >= 0.6 is 0 Å². The third kappa shape index (κ3) is 4.88. The van der Waals surface area contributed by atoms with Crippen molar-refractivity contribution in [3.8, 4) is 11.5 Å². The number of rotatable bonds is 8. The number of nitrogens with zero attached hydrogens (tertiary/aromatic N) is 1. The maximum atomic E-state index is 12.9. The number of amides is 1. The highest BCUT2D eigenvalue weighted by Crippen LogP contribution is 2.40. The molecule has 1 unspecified atom stereocenters. The molecule has 2 N–H and O–H groups in total. The van der Waals surface area contributed by atoms with E-state index in [2.05, 4.69) is 0 Å². The number of carbonyl (C=O) groups excluding carboxylic acids is 2. The van der Waals surface area contributed by atoms with Gasteiger partial charge in [-0.3, -0.25) is 9.59 Å². The summed E-state index contributed by atoms with van der Waals surface area (Å²) in [7, 11) is 1.54. The second kappa shape index (κ2) is 9.66. The van der Waals surface area contributed by atoms with Crippen LogP contribution in [-0.2, 0) is 14.3 Å². The fraction of sp³-hybridized carbons (Fsp3) is 0.333. The van der Waals surface area contributed by atoms with Crippen LogP contribution in [0.1, 0.15) is 37.4 Å². The van der Waals surface area contributed by atoms with Gasteiger partial charge in [0.15, 0.2) is 0 Å². The Morgan fingerprint density at radius 1 is 1.06 bits per heavy atom. The number of phenolic OH excluding ortho intramolecular Hbond substituents is 1. The first-order valence-corrected chi connectivity index (χ1v) is 10.2. The van der Waals surface area contributed by atoms with E-state index in [9.17, 15) is 19.8 Å². The molecular formula is C24H27NO6. The van der Waals surface area contributed by atoms with E-state index in [1.807, 2.05) is 13.8 Å². The normalized spacial score (nSPS) is 18.1. The van der Waals surface area contributed by atoms with Crippen LogP contribution in [0.25, 0.3) is 5.76 Å². The lowest BCUT2D eigenvalue weighted by atomic mass is 9.95. The number of likely N-dealkylation sites (tertiary alicyclic amines) is 1. The average Bonchev–Trinajstić information content (AvgIpc) is 3.01. The minimum absolute atomic E-state index is 0.0191. The first kappa shape index (κ1) is 22.4. The quantitative estimate of drug-likeness (QED) is 0.290. The number of aromatic hydroxyl groups is 1. The number of aliphatic hydroxyl groups is 1. The molecule has 2 aromatic carbocycles. The van der Waals surface area contributed by atoms with Gasteiger partial charge in [0.2, 0.25) is 0 Å². The number of carbonyl (C=O) groups is 2. The van der Waals surface area contributed by atoms with Gasteiger partial charge in [-0.05, 0) is 62.2 Å². The van der Waals surface area contributed by atoms with Gasteiger partial charge < -0.3 is 24.6 Å². The van der Waals surface area contributed by atoms with E-state index in [4.69, 9.17) is 9.47 Å². The van der Waals surface area contributed by atoms with Crippen molar-refractivity contribution in [2.45, 2.75) is 32.4 Å². The lowest BCUT2D eigenvalue weighted by Crippen LogP contribution is -2.31. The van der Waals surface area contributed by atoms with Crippen molar-refractivity contribution in [2.24, 2.45) is 0 Å². The summed E-state index contributed by atoms with van der Waals surface area (Å²) >= 11 is 0. The molecule has 1 aliphatic rings. The van der Waals surface area contributed by atoms with Crippen LogP contribution in [0.2, 0.25) is 0 Å². The summed E-state index contributed by atoms with van der Waals surface area (Å²) in [5.74, 6) is -0.979. The zero-order valence-electron chi connectivity index (χ0n) is 17.9. The molecule has 31 heavy (non-hydrogen) atoms. The largest absolute Gasteiger partial charge is 0.508 e. The number of hydrogen-bond donors (Lipinski definition) is 2. The molecule has 1 heterocycles. The van der Waals surface area contributed by atoms with Crippen LogP contribution in [0, 0.1) is 0 Å². The van der Waals surface area contributed by atoms with Gasteiger partial charge in [-0.15, -0.1) is 0 Å². The van der Waals surface area contributed by atoms with Gasteiger partial charge in [-0.25, -0.2) is 0 Å². The van der Waals surface area contributed by atoms with E-state index in [1.165, 1.54) is 24.1 Å². The first-order valence-electron chi connectivity index (χ1n) is 10.2. The Labute approximate surface area is 181 Å². The molecule has 0 saturated carbocycles. The SMILES string of the molecule is COc1ccc(/C(O)=C2/C(=O)C(=O)N(CCCOC(C)C)C2c2ccc(O)cc2)cc1. The first-order chi connectivity index (χ1) is 14.8. The van der Waals surface area contributed by atoms with Crippen LogP contribution in [0.15, 0.2) is 54.1 Å². The number of hydrogen-bond acceptors (Lipinski definition) is 6. The van der Waals surface area contributed by atoms with E-state index in [1.54, 1.807) is 36.4 Å². The van der Waals surface area contributed by atoms with E-state index in [0.717, 1.165) is 0 Å². The molecule has 164 valence electrons. The van der Waals surface area contributed by atoms with Crippen LogP contribution in [-0.4, -0.2) is 53.2 Å². The Morgan fingerprint density at radius 2 is 1.71 bits per heavy atom. The molecule has 1 aliphatic heterocycles. The van der Waals surface area contributed by atoms with Gasteiger partial charge in [0.1, 0.15) is 17.3 Å². The molecule has 1 fully saturated rings. The monoisotopic (exact) mass is 425 g/mol. The highest BCUT2D eigenvalue weighted by atomic mass is 16.5. The summed E-state index contributed by atoms with van der Waals surface area (Å²) in [6.45, 7) is 4.60. The van der Waals surface area contributed by atoms with Crippen LogP contribution in [0.4, 0.5) is 0 Å². The molecule has 1 atom stereocenters. The molecule has 0 aliphatic carbocycles. The summed E-state index contributed by atoms with van der Waals surface area (Å²) in [5.41, 5.74) is 1.05. The second-order valence-electron chi connectivity index (χ2n) is 7.59. The zero-order valence-corrected chi connectivity index (χ0v) is 17.9. The fourth-order valence-electron chi connectivity index (χ4n) is 3.57. The van der Waals surface area contributed by atoms with Crippen molar-refractivity contribution in [3.05, 3.63) is 65.2 Å². The Hall–Kier alpha value is -3.32. The molecule has 0 radical (unpaired) electrons. The molecule has 7 nitrogen and oxygen atoms in total. The second-order valence-corrected chi connectivity index (χ2v) is 7.59. The standard InChI is InChI=1S/C24H27NO6/c1-15(2)31-14-4-13-25-21(16-5-9-18(26)10-6-16)20(23(28)24(25)29)22(27)17-7-11-19(30-3)12-8-17/h5-12,15,21,26-27H,4,13-14H2,1-3H3/b22-20-. The van der Waals surface area contributed by atoms with Gasteiger partial charge in [0.25, 0.3) is 11.7 Å². The minimum Gasteiger partial charge on any atom is -0.508 e. The smallest absolute Gasteiger partial charge is 0.295 e. The lowest BCUT2D eigenvalue weighted by molar-refractivity contribution is -0.140. The number of ketones is 1. The predicted octanol–water partition coefficient (Wildman–Crippen LogP) is 3.64. The van der Waals surface area contributed by atoms with Crippen molar-refractivity contribution < 1.29 is 29.3 Å². The zero-order chi connectivity index (χ0) is 22.5. The van der Waals surface area contributed by atoms with E-state index in [0.29, 0.717) is 36.4 Å². The molecule has 0 spiro atoms. The van der Waals surface area contributed by atoms with Crippen molar-refractivity contribution in [2.75, 3.05) is 20.3 Å². The number of Topliss-reactive ketones (excluding diaryl/α,β-unsaturated/α-hetero) is 1. The number of ether oxygens (including phenoxy) is 2. The molecule has 1 saturated heterocycles. The topological polar surface area (TPSA) is 96.3 Å². The molecule has 1 amide bonds. The Balaban J connectivity index is 2.01. The molecular weight excluding hydrogens is 398 g/mol. The Bertz CT molecular complexity index is 963. The summed E-state index contributed by atoms with van der Waals surface area (Å²) in [6, 6.07) is 12.1. The highest BCUT2D eigenvalue weighted by Gasteiger charge is 2.45. The van der Waals surface area contributed by atoms with E-state index < -0.39 is 17.7 Å². The van der Waals surface area contributed by atoms with E-state index >= 15 is 0 Å². The van der Waals surface area contributed by atoms with Gasteiger partial charge in [-0.2, -0.15) is 0 Å². The molecule has 2 aromatic rings. The summed E-state index contributed by atoms with van der Waals surface area (Å²) in [6.07, 6.45) is 0.612. The summed E-state index contributed by atoms with van der Waals surface area (Å²) < 4.78 is 10.7. The highest BCUT2D eigenvalue weighted by molar-refractivity contribution is 6.46. The summed E-state index contributed by atoms with van der Waals surface area (Å²) in [5, 5.41) is 20.6. The maximum Gasteiger partial charge on any atom is 0.295 e. The van der Waals surface area contributed by atoms with Gasteiger partial charge >= 0.3 is 0 Å². The van der Waals surface area contributed by atoms with Crippen LogP contribution < -0.4 is 4.74 Å². The Kier molecular flexibility index (Phi) is 6.97. The van der Waals surface area contributed by atoms with Gasteiger partial charge in [0, 0.05) is 18.7 Å². The summed E-state index contributed by atoms with van der Waals surface area (Å²) in [4.78, 5) is 27.2. The van der Waals surface area contributed by atoms with Crippen LogP contribution in [0.5, 0.6) is 11.5 Å². The number of phenols is 1. The fourth-order valence-corrected chi connectivity index (χ4v) is 3.57. The third-order valence-electron chi connectivity index (χ3n) is 5.11. The number of aliphatic hydroxyl groups excluding tert-OH is 1. The lowest BCUT2D eigenvalue weighted by Gasteiger charge is -2.25. The third-order valence-corrected chi connectivity index (χ3v) is 5.11. The number of benzene rings is 2. The van der Waals surface area contributed by atoms with Crippen molar-refractivity contribution >= 4 is 17.4 Å². The average molecular weight is 425 g/mol. The van der Waals surface area contributed by atoms with E-state index in [-0.39, 0.29) is 23.2 Å². The van der Waals surface area contributed by atoms with Crippen LogP contribution in [0.3, 0.4) is 0 Å². The van der Waals surface area contributed by atoms with Crippen molar-refractivity contribution in [3.63, 3.8) is 0 Å². The number of methoxy groups -OCH3 is 1. The maximum absolute atomic E-state index is 12.9. The van der Waals surface area contributed by atoms with Crippen molar-refractivity contribution in [1.82, 2.24) is 4.90 Å². The Morgan fingerprint density at radius 3 is 2.29 bits per heavy atom. The molecule has 0 bridgehead atoms. The predicted molar refractivity (Wildman–Crippen MR) is 116 cm³/mol.